The highest BCUT2D eigenvalue weighted by Gasteiger charge is 2.08. The second-order valence-electron chi connectivity index (χ2n) is 7.48. The Bertz CT molecular complexity index is 1030. The summed E-state index contributed by atoms with van der Waals surface area (Å²) in [5.41, 5.74) is 4.72. The largest absolute Gasteiger partial charge is 0.384 e. The molecule has 3 nitrogen and oxygen atoms in total. The molecule has 152 valence electrons. The van der Waals surface area contributed by atoms with Crippen LogP contribution in [0.4, 0.5) is 5.69 Å². The molecule has 4 rings (SSSR count). The molecule has 0 aliphatic heterocycles. The second kappa shape index (κ2) is 10.2. The molecule has 30 heavy (non-hydrogen) atoms. The molecule has 1 heterocycles. The number of rotatable bonds is 9. The van der Waals surface area contributed by atoms with Crippen molar-refractivity contribution >= 4 is 28.2 Å². The fraction of sp³-hybridized carbons (Fsp3) is 0.192. The van der Waals surface area contributed by atoms with E-state index in [1.54, 1.807) is 0 Å². The molecular weight excluding hydrogens is 390 g/mol. The Labute approximate surface area is 183 Å². The summed E-state index contributed by atoms with van der Waals surface area (Å²) in [6.07, 6.45) is 2.88. The zero-order valence-electron chi connectivity index (χ0n) is 17.0. The quantitative estimate of drug-likeness (QED) is 0.321. The molecule has 4 aromatic rings. The van der Waals surface area contributed by atoms with Crippen LogP contribution in [0.2, 0.25) is 5.02 Å². The van der Waals surface area contributed by atoms with Crippen LogP contribution in [0.15, 0.2) is 91.1 Å². The first-order valence-electron chi connectivity index (χ1n) is 10.4. The monoisotopic (exact) mass is 415 g/mol. The van der Waals surface area contributed by atoms with Crippen LogP contribution in [0, 0.1) is 0 Å². The van der Waals surface area contributed by atoms with Crippen molar-refractivity contribution in [2.24, 2.45) is 0 Å². The summed E-state index contributed by atoms with van der Waals surface area (Å²) in [4.78, 5) is 6.93. The number of pyridine rings is 1. The number of benzene rings is 3. The van der Waals surface area contributed by atoms with E-state index in [0.29, 0.717) is 5.02 Å². The molecule has 0 fully saturated rings. The lowest BCUT2D eigenvalue weighted by Gasteiger charge is -2.23. The lowest BCUT2D eigenvalue weighted by molar-refractivity contribution is 0.256. The van der Waals surface area contributed by atoms with Crippen LogP contribution in [-0.2, 0) is 13.1 Å². The summed E-state index contributed by atoms with van der Waals surface area (Å²) >= 11 is 6.10. The smallest absolute Gasteiger partial charge is 0.0737 e. The Morgan fingerprint density at radius 3 is 2.13 bits per heavy atom. The molecule has 0 aliphatic rings. The van der Waals surface area contributed by atoms with Gasteiger partial charge in [0.15, 0.2) is 0 Å². The fourth-order valence-corrected chi connectivity index (χ4v) is 3.86. The van der Waals surface area contributed by atoms with Crippen molar-refractivity contribution in [3.05, 3.63) is 107 Å². The first kappa shape index (κ1) is 20.4. The van der Waals surface area contributed by atoms with Gasteiger partial charge in [0.25, 0.3) is 0 Å². The maximum atomic E-state index is 6.10. The van der Waals surface area contributed by atoms with Crippen molar-refractivity contribution in [3.8, 4) is 0 Å². The van der Waals surface area contributed by atoms with Gasteiger partial charge in [0.05, 0.1) is 5.52 Å². The van der Waals surface area contributed by atoms with Gasteiger partial charge in [-0.1, -0.05) is 72.3 Å². The Kier molecular flexibility index (Phi) is 6.96. The van der Waals surface area contributed by atoms with Gasteiger partial charge in [-0.15, -0.1) is 0 Å². The fourth-order valence-electron chi connectivity index (χ4n) is 3.70. The summed E-state index contributed by atoms with van der Waals surface area (Å²) in [6, 6.07) is 29.3. The molecule has 0 spiro atoms. The molecular formula is C26H26ClN3. The Hall–Kier alpha value is -2.88. The van der Waals surface area contributed by atoms with Crippen molar-refractivity contribution in [1.29, 1.82) is 0 Å². The standard InChI is InChI=1S/C26H26ClN3/c27-23-12-13-24-25(14-16-29-26(24)18-23)28-15-7-17-30(19-21-8-3-1-4-9-21)20-22-10-5-2-6-11-22/h1-6,8-14,16,18H,7,15,17,19-20H2,(H,28,29). The normalized spacial score (nSPS) is 11.1. The second-order valence-corrected chi connectivity index (χ2v) is 7.92. The van der Waals surface area contributed by atoms with Crippen molar-refractivity contribution in [2.45, 2.75) is 19.5 Å². The predicted octanol–water partition coefficient (Wildman–Crippen LogP) is 6.39. The molecule has 1 N–H and O–H groups in total. The van der Waals surface area contributed by atoms with Gasteiger partial charge in [-0.3, -0.25) is 9.88 Å². The topological polar surface area (TPSA) is 28.2 Å². The van der Waals surface area contributed by atoms with Crippen LogP contribution >= 0.6 is 11.6 Å². The van der Waals surface area contributed by atoms with Crippen LogP contribution < -0.4 is 5.32 Å². The number of hydrogen-bond donors (Lipinski definition) is 1. The van der Waals surface area contributed by atoms with E-state index >= 15 is 0 Å². The van der Waals surface area contributed by atoms with Crippen molar-refractivity contribution in [2.75, 3.05) is 18.4 Å². The predicted molar refractivity (Wildman–Crippen MR) is 127 cm³/mol. The molecule has 0 unspecified atom stereocenters. The third-order valence-electron chi connectivity index (χ3n) is 5.17. The number of hydrogen-bond acceptors (Lipinski definition) is 3. The summed E-state index contributed by atoms with van der Waals surface area (Å²) in [5, 5.41) is 5.40. The van der Waals surface area contributed by atoms with E-state index in [4.69, 9.17) is 11.6 Å². The number of anilines is 1. The van der Waals surface area contributed by atoms with Crippen LogP contribution in [0.1, 0.15) is 17.5 Å². The third-order valence-corrected chi connectivity index (χ3v) is 5.40. The molecule has 0 radical (unpaired) electrons. The van der Waals surface area contributed by atoms with E-state index in [1.165, 1.54) is 11.1 Å². The minimum absolute atomic E-state index is 0.713. The van der Waals surface area contributed by atoms with Gasteiger partial charge in [0.2, 0.25) is 0 Å². The number of nitrogens with one attached hydrogen (secondary N) is 1. The molecule has 1 aromatic heterocycles. The highest BCUT2D eigenvalue weighted by molar-refractivity contribution is 6.31. The number of fused-ring (bicyclic) bond motifs is 1. The number of halogens is 1. The van der Waals surface area contributed by atoms with Crippen LogP contribution in [0.25, 0.3) is 10.9 Å². The first-order valence-corrected chi connectivity index (χ1v) is 10.7. The van der Waals surface area contributed by atoms with Gasteiger partial charge in [-0.25, -0.2) is 0 Å². The van der Waals surface area contributed by atoms with Gasteiger partial charge in [0, 0.05) is 48.5 Å². The average Bonchev–Trinajstić information content (AvgIpc) is 2.78. The van der Waals surface area contributed by atoms with Crippen LogP contribution in [0.5, 0.6) is 0 Å². The van der Waals surface area contributed by atoms with E-state index in [1.807, 2.05) is 30.5 Å². The maximum absolute atomic E-state index is 6.10. The molecule has 0 bridgehead atoms. The first-order chi connectivity index (χ1) is 14.8. The van der Waals surface area contributed by atoms with Crippen LogP contribution in [-0.4, -0.2) is 23.0 Å². The minimum atomic E-state index is 0.713. The van der Waals surface area contributed by atoms with Crippen molar-refractivity contribution < 1.29 is 0 Å². The van der Waals surface area contributed by atoms with E-state index in [-0.39, 0.29) is 0 Å². The lowest BCUT2D eigenvalue weighted by Crippen LogP contribution is -2.25. The van der Waals surface area contributed by atoms with E-state index < -0.39 is 0 Å². The maximum Gasteiger partial charge on any atom is 0.0737 e. The molecule has 0 atom stereocenters. The zero-order chi connectivity index (χ0) is 20.6. The molecule has 4 heteroatoms. The lowest BCUT2D eigenvalue weighted by atomic mass is 10.1. The van der Waals surface area contributed by atoms with Gasteiger partial charge in [0.1, 0.15) is 0 Å². The molecule has 0 saturated carbocycles. The molecule has 0 saturated heterocycles. The van der Waals surface area contributed by atoms with E-state index in [9.17, 15) is 0 Å². The van der Waals surface area contributed by atoms with Gasteiger partial charge in [-0.2, -0.15) is 0 Å². The highest BCUT2D eigenvalue weighted by Crippen LogP contribution is 2.24. The van der Waals surface area contributed by atoms with Crippen molar-refractivity contribution in [1.82, 2.24) is 9.88 Å². The van der Waals surface area contributed by atoms with E-state index in [0.717, 1.165) is 49.2 Å². The Morgan fingerprint density at radius 2 is 1.47 bits per heavy atom. The number of aromatic nitrogens is 1. The summed E-state index contributed by atoms with van der Waals surface area (Å²) in [5.74, 6) is 0. The highest BCUT2D eigenvalue weighted by atomic mass is 35.5. The molecule has 0 aliphatic carbocycles. The Morgan fingerprint density at radius 1 is 0.800 bits per heavy atom. The number of nitrogens with zero attached hydrogens (tertiary/aromatic N) is 2. The van der Waals surface area contributed by atoms with E-state index in [2.05, 4.69) is 75.9 Å². The van der Waals surface area contributed by atoms with Gasteiger partial charge < -0.3 is 5.32 Å². The molecule has 0 amide bonds. The SMILES string of the molecule is Clc1ccc2c(NCCCN(Cc3ccccc3)Cc3ccccc3)ccnc2c1. The third kappa shape index (κ3) is 5.59. The summed E-state index contributed by atoms with van der Waals surface area (Å²) < 4.78 is 0. The summed E-state index contributed by atoms with van der Waals surface area (Å²) in [6.45, 7) is 3.83. The zero-order valence-corrected chi connectivity index (χ0v) is 17.7. The average molecular weight is 416 g/mol. The van der Waals surface area contributed by atoms with Crippen molar-refractivity contribution in [3.63, 3.8) is 0 Å². The van der Waals surface area contributed by atoms with Gasteiger partial charge >= 0.3 is 0 Å². The summed E-state index contributed by atoms with van der Waals surface area (Å²) in [7, 11) is 0. The van der Waals surface area contributed by atoms with Gasteiger partial charge in [-0.05, 0) is 41.8 Å². The minimum Gasteiger partial charge on any atom is -0.384 e. The molecule has 3 aromatic carbocycles. The Balaban J connectivity index is 1.37. The van der Waals surface area contributed by atoms with Crippen LogP contribution in [0.3, 0.4) is 0 Å².